The maximum atomic E-state index is 13.0. The number of alkyl halides is 3. The number of rotatable bonds is 10. The van der Waals surface area contributed by atoms with E-state index in [1.54, 1.807) is 25.1 Å². The SMILES string of the molecule is CCOc1cc(C=C(NC(=O)c2ccccc2)C(=O)O)ccc1OCc1ccc(C(F)(F)F)cc1[N+](=O)[O-]. The van der Waals surface area contributed by atoms with Gasteiger partial charge in [0.25, 0.3) is 11.6 Å². The van der Waals surface area contributed by atoms with Gasteiger partial charge in [-0.1, -0.05) is 24.3 Å². The fourth-order valence-corrected chi connectivity index (χ4v) is 3.29. The minimum Gasteiger partial charge on any atom is -0.490 e. The van der Waals surface area contributed by atoms with Crippen LogP contribution in [0.1, 0.15) is 34.0 Å². The summed E-state index contributed by atoms with van der Waals surface area (Å²) >= 11 is 0. The Labute approximate surface area is 214 Å². The molecule has 0 heterocycles. The van der Waals surface area contributed by atoms with Crippen LogP contribution in [0.4, 0.5) is 18.9 Å². The fourth-order valence-electron chi connectivity index (χ4n) is 3.29. The minimum atomic E-state index is -4.75. The summed E-state index contributed by atoms with van der Waals surface area (Å²) in [6, 6.07) is 14.4. The zero-order chi connectivity index (χ0) is 27.9. The summed E-state index contributed by atoms with van der Waals surface area (Å²) < 4.78 is 50.0. The van der Waals surface area contributed by atoms with Crippen LogP contribution in [0.15, 0.2) is 72.4 Å². The van der Waals surface area contributed by atoms with Gasteiger partial charge in [-0.3, -0.25) is 14.9 Å². The number of nitro groups is 1. The van der Waals surface area contributed by atoms with E-state index in [0.717, 1.165) is 12.1 Å². The van der Waals surface area contributed by atoms with Gasteiger partial charge in [0.15, 0.2) is 11.5 Å². The Kier molecular flexibility index (Phi) is 8.69. The van der Waals surface area contributed by atoms with Gasteiger partial charge >= 0.3 is 12.1 Å². The third kappa shape index (κ3) is 7.09. The highest BCUT2D eigenvalue weighted by Gasteiger charge is 2.33. The first kappa shape index (κ1) is 27.7. The molecule has 12 heteroatoms. The van der Waals surface area contributed by atoms with Crippen LogP contribution >= 0.6 is 0 Å². The van der Waals surface area contributed by atoms with Crippen molar-refractivity contribution in [3.63, 3.8) is 0 Å². The number of nitrogens with zero attached hydrogens (tertiary/aromatic N) is 1. The van der Waals surface area contributed by atoms with Crippen LogP contribution in [0, 0.1) is 10.1 Å². The molecular formula is C26H21F3N2O7. The number of nitrogens with one attached hydrogen (secondary N) is 1. The molecule has 0 aliphatic heterocycles. The average molecular weight is 530 g/mol. The number of amides is 1. The molecule has 3 aromatic rings. The highest BCUT2D eigenvalue weighted by molar-refractivity contribution is 6.02. The van der Waals surface area contributed by atoms with Crippen LogP contribution in [0.2, 0.25) is 0 Å². The van der Waals surface area contributed by atoms with Gasteiger partial charge in [-0.05, 0) is 55.0 Å². The van der Waals surface area contributed by atoms with Gasteiger partial charge < -0.3 is 19.9 Å². The first-order valence-electron chi connectivity index (χ1n) is 11.0. The first-order valence-corrected chi connectivity index (χ1v) is 11.0. The maximum Gasteiger partial charge on any atom is 0.416 e. The number of halogens is 3. The second kappa shape index (κ2) is 11.9. The molecule has 0 aliphatic carbocycles. The molecule has 38 heavy (non-hydrogen) atoms. The van der Waals surface area contributed by atoms with Crippen molar-refractivity contribution in [1.82, 2.24) is 5.32 Å². The number of nitro benzene ring substituents is 1. The van der Waals surface area contributed by atoms with Crippen molar-refractivity contribution in [3.05, 3.63) is 105 Å². The Morgan fingerprint density at radius 1 is 1.03 bits per heavy atom. The van der Waals surface area contributed by atoms with Gasteiger partial charge in [-0.15, -0.1) is 0 Å². The number of ether oxygens (including phenoxy) is 2. The van der Waals surface area contributed by atoms with Crippen LogP contribution in [0.5, 0.6) is 11.5 Å². The lowest BCUT2D eigenvalue weighted by atomic mass is 10.1. The molecule has 0 radical (unpaired) electrons. The molecule has 3 rings (SSSR count). The summed E-state index contributed by atoms with van der Waals surface area (Å²) in [7, 11) is 0. The highest BCUT2D eigenvalue weighted by atomic mass is 19.4. The van der Waals surface area contributed by atoms with Gasteiger partial charge in [0.2, 0.25) is 0 Å². The number of hydrogen-bond acceptors (Lipinski definition) is 6. The van der Waals surface area contributed by atoms with Gasteiger partial charge in [0, 0.05) is 11.6 Å². The minimum absolute atomic E-state index is 0.0915. The molecular weight excluding hydrogens is 509 g/mol. The van der Waals surface area contributed by atoms with E-state index in [4.69, 9.17) is 9.47 Å². The molecule has 0 aliphatic rings. The van der Waals surface area contributed by atoms with Crippen LogP contribution < -0.4 is 14.8 Å². The third-order valence-corrected chi connectivity index (χ3v) is 5.09. The molecule has 3 aromatic carbocycles. The Hall–Kier alpha value is -4.87. The predicted molar refractivity (Wildman–Crippen MR) is 130 cm³/mol. The van der Waals surface area contributed by atoms with Gasteiger partial charge in [0.05, 0.1) is 22.7 Å². The van der Waals surface area contributed by atoms with Crippen molar-refractivity contribution >= 4 is 23.6 Å². The van der Waals surface area contributed by atoms with Crippen molar-refractivity contribution < 1.29 is 42.3 Å². The molecule has 0 bridgehead atoms. The Bertz CT molecular complexity index is 1370. The molecule has 9 nitrogen and oxygen atoms in total. The quantitative estimate of drug-likeness (QED) is 0.203. The van der Waals surface area contributed by atoms with E-state index >= 15 is 0 Å². The highest BCUT2D eigenvalue weighted by Crippen LogP contribution is 2.35. The molecule has 0 unspecified atom stereocenters. The standard InChI is InChI=1S/C26H21F3N2O7/c1-2-37-23-13-16(12-20(25(33)34)30-24(32)17-6-4-3-5-7-17)8-11-22(23)38-15-18-9-10-19(26(27,28)29)14-21(18)31(35)36/h3-14H,2,15H2,1H3,(H,30,32)(H,33,34). The number of carbonyl (C=O) groups excluding carboxylic acids is 1. The van der Waals surface area contributed by atoms with Crippen LogP contribution in [0.25, 0.3) is 6.08 Å². The van der Waals surface area contributed by atoms with Gasteiger partial charge in [-0.25, -0.2) is 4.79 Å². The number of aliphatic carboxylic acids is 1. The van der Waals surface area contributed by atoms with Crippen molar-refractivity contribution in [1.29, 1.82) is 0 Å². The summed E-state index contributed by atoms with van der Waals surface area (Å²) in [6.45, 7) is 1.42. The number of carboxylic acids is 1. The van der Waals surface area contributed by atoms with Crippen molar-refractivity contribution in [3.8, 4) is 11.5 Å². The van der Waals surface area contributed by atoms with Crippen LogP contribution in [0.3, 0.4) is 0 Å². The number of carboxylic acid groups (broad SMARTS) is 1. The molecule has 0 fully saturated rings. The molecule has 2 N–H and O–H groups in total. The molecule has 0 atom stereocenters. The number of benzene rings is 3. The van der Waals surface area contributed by atoms with Gasteiger partial charge in [-0.2, -0.15) is 13.2 Å². The third-order valence-electron chi connectivity index (χ3n) is 5.09. The monoisotopic (exact) mass is 530 g/mol. The van der Waals surface area contributed by atoms with E-state index < -0.39 is 46.5 Å². The van der Waals surface area contributed by atoms with Gasteiger partial charge in [0.1, 0.15) is 12.3 Å². The van der Waals surface area contributed by atoms with E-state index in [0.29, 0.717) is 11.6 Å². The zero-order valence-electron chi connectivity index (χ0n) is 19.8. The molecule has 1 amide bonds. The lowest BCUT2D eigenvalue weighted by Gasteiger charge is -2.14. The average Bonchev–Trinajstić information content (AvgIpc) is 2.87. The second-order valence-corrected chi connectivity index (χ2v) is 7.71. The van der Waals surface area contributed by atoms with E-state index in [1.807, 2.05) is 0 Å². The summed E-state index contributed by atoms with van der Waals surface area (Å²) in [5, 5.41) is 23.2. The van der Waals surface area contributed by atoms with E-state index in [9.17, 15) is 38.0 Å². The predicted octanol–water partition coefficient (Wildman–Crippen LogP) is 5.45. The first-order chi connectivity index (χ1) is 18.0. The zero-order valence-corrected chi connectivity index (χ0v) is 19.8. The van der Waals surface area contributed by atoms with Crippen molar-refractivity contribution in [2.24, 2.45) is 0 Å². The molecule has 0 spiro atoms. The lowest BCUT2D eigenvalue weighted by Crippen LogP contribution is -2.27. The topological polar surface area (TPSA) is 128 Å². The van der Waals surface area contributed by atoms with Crippen molar-refractivity contribution in [2.45, 2.75) is 19.7 Å². The van der Waals surface area contributed by atoms with Crippen LogP contribution in [-0.4, -0.2) is 28.5 Å². The number of hydrogen-bond donors (Lipinski definition) is 2. The molecule has 0 aromatic heterocycles. The Morgan fingerprint density at radius 2 is 1.74 bits per heavy atom. The molecule has 198 valence electrons. The largest absolute Gasteiger partial charge is 0.490 e. The Balaban J connectivity index is 1.85. The Morgan fingerprint density at radius 3 is 2.34 bits per heavy atom. The summed E-state index contributed by atoms with van der Waals surface area (Å²) in [4.78, 5) is 34.5. The molecule has 0 saturated carbocycles. The number of carbonyl (C=O) groups is 2. The summed E-state index contributed by atoms with van der Waals surface area (Å²) in [5.41, 5.74) is -1.82. The van der Waals surface area contributed by atoms with E-state index in [-0.39, 0.29) is 29.2 Å². The normalized spacial score (nSPS) is 11.5. The van der Waals surface area contributed by atoms with E-state index in [2.05, 4.69) is 5.32 Å². The van der Waals surface area contributed by atoms with Crippen LogP contribution in [-0.2, 0) is 17.6 Å². The second-order valence-electron chi connectivity index (χ2n) is 7.71. The fraction of sp³-hybridized carbons (Fsp3) is 0.154. The maximum absolute atomic E-state index is 13.0. The summed E-state index contributed by atoms with van der Waals surface area (Å²) in [6.07, 6.45) is -3.54. The smallest absolute Gasteiger partial charge is 0.416 e. The lowest BCUT2D eigenvalue weighted by molar-refractivity contribution is -0.386. The van der Waals surface area contributed by atoms with E-state index in [1.165, 1.54) is 36.4 Å². The molecule has 0 saturated heterocycles. The van der Waals surface area contributed by atoms with Crippen molar-refractivity contribution in [2.75, 3.05) is 6.61 Å². The summed E-state index contributed by atoms with van der Waals surface area (Å²) in [5.74, 6) is -1.75.